The largest absolute Gasteiger partial charge is 0.491 e. The third-order valence-corrected chi connectivity index (χ3v) is 5.82. The lowest BCUT2D eigenvalue weighted by Gasteiger charge is -2.37. The molecule has 3 aromatic heterocycles. The van der Waals surface area contributed by atoms with Crippen molar-refractivity contribution in [1.29, 1.82) is 0 Å². The van der Waals surface area contributed by atoms with Gasteiger partial charge in [-0.3, -0.25) is 4.79 Å². The fourth-order valence-corrected chi connectivity index (χ4v) is 4.32. The average Bonchev–Trinajstić information content (AvgIpc) is 3.40. The summed E-state index contributed by atoms with van der Waals surface area (Å²) in [6.45, 7) is 6.52. The van der Waals surface area contributed by atoms with Gasteiger partial charge in [-0.05, 0) is 51.1 Å². The first-order chi connectivity index (χ1) is 14.5. The van der Waals surface area contributed by atoms with Crippen molar-refractivity contribution in [1.82, 2.24) is 24.9 Å². The van der Waals surface area contributed by atoms with Crippen molar-refractivity contribution in [3.8, 4) is 16.6 Å². The van der Waals surface area contributed by atoms with Crippen molar-refractivity contribution in [2.24, 2.45) is 0 Å². The maximum atomic E-state index is 13.3. The first-order valence-electron chi connectivity index (χ1n) is 10.1. The normalized spacial score (nSPS) is 19.1. The monoisotopic (exact) mass is 427 g/mol. The molecule has 0 unspecified atom stereocenters. The summed E-state index contributed by atoms with van der Waals surface area (Å²) in [6.07, 6.45) is 6.55. The Labute approximate surface area is 179 Å². The zero-order chi connectivity index (χ0) is 21.1. The molecule has 0 saturated carbocycles. The molecular weight excluding hydrogens is 402 g/mol. The number of pyridine rings is 1. The fraction of sp³-hybridized carbons (Fsp3) is 0.429. The van der Waals surface area contributed by atoms with Crippen LogP contribution in [0.1, 0.15) is 44.0 Å². The Kier molecular flexibility index (Phi) is 5.98. The smallest absolute Gasteiger partial charge is 0.257 e. The number of rotatable bonds is 6. The number of carbonyl (C=O) groups excluding carboxylic acids is 1. The lowest BCUT2D eigenvalue weighted by Crippen LogP contribution is -2.49. The number of carbonyl (C=O) groups is 1. The van der Waals surface area contributed by atoms with Gasteiger partial charge in [-0.1, -0.05) is 0 Å². The van der Waals surface area contributed by atoms with E-state index in [-0.39, 0.29) is 24.2 Å². The minimum Gasteiger partial charge on any atom is -0.491 e. The summed E-state index contributed by atoms with van der Waals surface area (Å²) >= 11 is 1.45. The van der Waals surface area contributed by atoms with Gasteiger partial charge in [-0.25, -0.2) is 4.98 Å². The third kappa shape index (κ3) is 4.46. The fourth-order valence-electron chi connectivity index (χ4n) is 3.52. The highest BCUT2D eigenvalue weighted by Gasteiger charge is 2.32. The minimum absolute atomic E-state index is 0.0331. The van der Waals surface area contributed by atoms with Gasteiger partial charge in [-0.15, -0.1) is 16.1 Å². The molecule has 158 valence electrons. The molecule has 4 heterocycles. The molecule has 3 aromatic rings. The molecule has 1 fully saturated rings. The van der Waals surface area contributed by atoms with Gasteiger partial charge in [0.05, 0.1) is 30.6 Å². The van der Waals surface area contributed by atoms with Crippen LogP contribution in [0.4, 0.5) is 0 Å². The second-order valence-electron chi connectivity index (χ2n) is 7.58. The summed E-state index contributed by atoms with van der Waals surface area (Å²) in [5, 5.41) is 10.9. The highest BCUT2D eigenvalue weighted by molar-refractivity contribution is 7.12. The van der Waals surface area contributed by atoms with E-state index in [9.17, 15) is 4.79 Å². The summed E-state index contributed by atoms with van der Waals surface area (Å²) < 4.78 is 11.8. The van der Waals surface area contributed by atoms with E-state index in [1.807, 2.05) is 36.3 Å². The van der Waals surface area contributed by atoms with E-state index in [1.165, 1.54) is 16.1 Å². The van der Waals surface area contributed by atoms with E-state index in [1.54, 1.807) is 24.7 Å². The number of piperidine rings is 1. The quantitative estimate of drug-likeness (QED) is 0.598. The summed E-state index contributed by atoms with van der Waals surface area (Å²) in [5.74, 6) is 1.20. The maximum Gasteiger partial charge on any atom is 0.257 e. The van der Waals surface area contributed by atoms with Gasteiger partial charge in [0.1, 0.15) is 11.9 Å². The van der Waals surface area contributed by atoms with Gasteiger partial charge in [0.25, 0.3) is 5.91 Å². The molecule has 1 aliphatic heterocycles. The minimum atomic E-state index is -0.128. The summed E-state index contributed by atoms with van der Waals surface area (Å²) in [7, 11) is 0. The van der Waals surface area contributed by atoms with Crippen molar-refractivity contribution < 1.29 is 14.3 Å². The van der Waals surface area contributed by atoms with Gasteiger partial charge in [-0.2, -0.15) is 10.2 Å². The maximum absolute atomic E-state index is 13.3. The molecule has 8 nitrogen and oxygen atoms in total. The van der Waals surface area contributed by atoms with E-state index in [4.69, 9.17) is 9.47 Å². The van der Waals surface area contributed by atoms with Crippen molar-refractivity contribution in [3.05, 3.63) is 47.7 Å². The number of nitrogens with zero attached hydrogens (tertiary/aromatic N) is 5. The number of ether oxygens (including phenoxy) is 2. The molecule has 1 aliphatic rings. The van der Waals surface area contributed by atoms with Gasteiger partial charge in [0.15, 0.2) is 5.00 Å². The second-order valence-corrected chi connectivity index (χ2v) is 8.47. The Balaban J connectivity index is 1.48. The van der Waals surface area contributed by atoms with Crippen LogP contribution >= 0.6 is 11.3 Å². The SMILES string of the molecule is CC(C)Oc1ccnc(O[C@@H]2CC[C@@H](C)N(C(=O)c3ccsc3-n3nccn3)C2)c1. The predicted molar refractivity (Wildman–Crippen MR) is 113 cm³/mol. The molecule has 1 amide bonds. The number of hydrogen-bond acceptors (Lipinski definition) is 7. The topological polar surface area (TPSA) is 82.4 Å². The Morgan fingerprint density at radius 3 is 2.77 bits per heavy atom. The highest BCUT2D eigenvalue weighted by Crippen LogP contribution is 2.28. The first kappa shape index (κ1) is 20.3. The predicted octanol–water partition coefficient (Wildman–Crippen LogP) is 3.58. The molecule has 0 bridgehead atoms. The molecule has 0 spiro atoms. The highest BCUT2D eigenvalue weighted by atomic mass is 32.1. The van der Waals surface area contributed by atoms with Crippen LogP contribution in [-0.2, 0) is 0 Å². The number of likely N-dealkylation sites (tertiary alicyclic amines) is 1. The van der Waals surface area contributed by atoms with Crippen molar-refractivity contribution in [3.63, 3.8) is 0 Å². The van der Waals surface area contributed by atoms with Crippen LogP contribution in [0.25, 0.3) is 5.00 Å². The van der Waals surface area contributed by atoms with Crippen LogP contribution in [0.3, 0.4) is 0 Å². The standard InChI is InChI=1S/C21H25N5O3S/c1-14(2)28-16-6-8-22-19(12-16)29-17-5-4-15(3)25(13-17)20(27)18-7-11-30-21(18)26-23-9-10-24-26/h6-12,14-15,17H,4-5,13H2,1-3H3/t15-,17-/m1/s1. The zero-order valence-electron chi connectivity index (χ0n) is 17.3. The molecule has 4 rings (SSSR count). The summed E-state index contributed by atoms with van der Waals surface area (Å²) in [6, 6.07) is 5.56. The molecule has 0 aromatic carbocycles. The average molecular weight is 428 g/mol. The van der Waals surface area contributed by atoms with Crippen molar-refractivity contribution in [2.45, 2.75) is 51.9 Å². The van der Waals surface area contributed by atoms with E-state index in [0.717, 1.165) is 23.6 Å². The Bertz CT molecular complexity index is 988. The van der Waals surface area contributed by atoms with E-state index in [0.29, 0.717) is 18.0 Å². The summed E-state index contributed by atoms with van der Waals surface area (Å²) in [4.78, 5) is 21.0. The van der Waals surface area contributed by atoms with E-state index < -0.39 is 0 Å². The van der Waals surface area contributed by atoms with E-state index in [2.05, 4.69) is 22.1 Å². The Morgan fingerprint density at radius 1 is 1.20 bits per heavy atom. The number of aromatic nitrogens is 4. The first-order valence-corrected chi connectivity index (χ1v) is 10.9. The second kappa shape index (κ2) is 8.83. The zero-order valence-corrected chi connectivity index (χ0v) is 18.1. The molecule has 30 heavy (non-hydrogen) atoms. The molecule has 0 aliphatic carbocycles. The number of thiophene rings is 1. The molecular formula is C21H25N5O3S. The van der Waals surface area contributed by atoms with Crippen molar-refractivity contribution in [2.75, 3.05) is 6.54 Å². The Morgan fingerprint density at radius 2 is 2.00 bits per heavy atom. The van der Waals surface area contributed by atoms with Gasteiger partial charge >= 0.3 is 0 Å². The molecule has 9 heteroatoms. The summed E-state index contributed by atoms with van der Waals surface area (Å²) in [5.41, 5.74) is 0.606. The van der Waals surface area contributed by atoms with Gasteiger partial charge in [0, 0.05) is 18.3 Å². The number of hydrogen-bond donors (Lipinski definition) is 0. The molecule has 1 saturated heterocycles. The van der Waals surface area contributed by atoms with Gasteiger partial charge in [0.2, 0.25) is 5.88 Å². The number of amides is 1. The van der Waals surface area contributed by atoms with E-state index >= 15 is 0 Å². The lowest BCUT2D eigenvalue weighted by atomic mass is 10.0. The van der Waals surface area contributed by atoms with Crippen LogP contribution in [0, 0.1) is 0 Å². The molecule has 0 N–H and O–H groups in total. The lowest BCUT2D eigenvalue weighted by molar-refractivity contribution is 0.0372. The van der Waals surface area contributed by atoms with Crippen LogP contribution in [0.2, 0.25) is 0 Å². The third-order valence-electron chi connectivity index (χ3n) is 4.94. The van der Waals surface area contributed by atoms with Crippen molar-refractivity contribution >= 4 is 17.2 Å². The van der Waals surface area contributed by atoms with Crippen LogP contribution in [-0.4, -0.2) is 55.6 Å². The van der Waals surface area contributed by atoms with Crippen LogP contribution < -0.4 is 9.47 Å². The van der Waals surface area contributed by atoms with Crippen LogP contribution in [0.5, 0.6) is 11.6 Å². The van der Waals surface area contributed by atoms with Gasteiger partial charge < -0.3 is 14.4 Å². The molecule has 0 radical (unpaired) electrons. The Hall–Kier alpha value is -2.94. The van der Waals surface area contributed by atoms with Crippen LogP contribution in [0.15, 0.2) is 42.2 Å². The molecule has 2 atom stereocenters.